The second-order valence-corrected chi connectivity index (χ2v) is 7.72. The van der Waals surface area contributed by atoms with Gasteiger partial charge in [0.25, 0.3) is 0 Å². The molecule has 0 amide bonds. The third kappa shape index (κ3) is 3.30. The molecule has 0 bridgehead atoms. The van der Waals surface area contributed by atoms with Gasteiger partial charge < -0.3 is 9.47 Å². The van der Waals surface area contributed by atoms with Gasteiger partial charge >= 0.3 is 11.9 Å². The van der Waals surface area contributed by atoms with Crippen molar-refractivity contribution in [3.63, 3.8) is 0 Å². The van der Waals surface area contributed by atoms with Crippen molar-refractivity contribution in [1.82, 2.24) is 0 Å². The second-order valence-electron chi connectivity index (χ2n) is 7.72. The number of fused-ring (bicyclic) bond motifs is 1. The number of rotatable bonds is 3. The van der Waals surface area contributed by atoms with Gasteiger partial charge in [0.15, 0.2) is 11.2 Å². The number of methoxy groups -OCH3 is 2. The monoisotopic (exact) mass is 382 g/mol. The summed E-state index contributed by atoms with van der Waals surface area (Å²) in [5.41, 5.74) is 3.16. The highest BCUT2D eigenvalue weighted by atomic mass is 16.5. The molecule has 148 valence electrons. The highest BCUT2D eigenvalue weighted by Crippen LogP contribution is 2.51. The first-order valence-electron chi connectivity index (χ1n) is 9.47. The maximum absolute atomic E-state index is 13.0. The van der Waals surface area contributed by atoms with E-state index in [0.29, 0.717) is 18.4 Å². The minimum atomic E-state index is -1.41. The second kappa shape index (κ2) is 7.74. The van der Waals surface area contributed by atoms with Crippen molar-refractivity contribution in [2.45, 2.75) is 45.4 Å². The quantitative estimate of drug-likeness (QED) is 0.586. The fourth-order valence-electron chi connectivity index (χ4n) is 4.48. The molecule has 1 atom stereocenters. The number of carbonyl (C=O) groups is 3. The summed E-state index contributed by atoms with van der Waals surface area (Å²) in [5, 5.41) is 0. The van der Waals surface area contributed by atoms with Crippen LogP contribution in [0.2, 0.25) is 0 Å². The maximum atomic E-state index is 13.0. The molecule has 1 aromatic rings. The molecule has 1 aromatic carbocycles. The van der Waals surface area contributed by atoms with Gasteiger partial charge in [-0.1, -0.05) is 35.9 Å². The van der Waals surface area contributed by atoms with Crippen molar-refractivity contribution in [2.75, 3.05) is 14.2 Å². The Balaban J connectivity index is 2.10. The van der Waals surface area contributed by atoms with Gasteiger partial charge in [-0.3, -0.25) is 14.4 Å². The third-order valence-electron chi connectivity index (χ3n) is 6.12. The molecule has 0 aliphatic heterocycles. The third-order valence-corrected chi connectivity index (χ3v) is 6.12. The van der Waals surface area contributed by atoms with Gasteiger partial charge in [-0.25, -0.2) is 0 Å². The minimum absolute atomic E-state index is 0.0550. The Morgan fingerprint density at radius 1 is 0.929 bits per heavy atom. The van der Waals surface area contributed by atoms with Crippen molar-refractivity contribution in [1.29, 1.82) is 0 Å². The summed E-state index contributed by atoms with van der Waals surface area (Å²) in [7, 11) is 2.54. The Morgan fingerprint density at radius 3 is 2.07 bits per heavy atom. The summed E-state index contributed by atoms with van der Waals surface area (Å²) in [4.78, 5) is 38.1. The average molecular weight is 382 g/mol. The lowest BCUT2D eigenvalue weighted by Crippen LogP contribution is -2.38. The summed E-state index contributed by atoms with van der Waals surface area (Å²) in [6.45, 7) is 3.82. The van der Waals surface area contributed by atoms with Crippen LogP contribution in [0.4, 0.5) is 0 Å². The lowest BCUT2D eigenvalue weighted by Gasteiger charge is -2.23. The molecule has 0 aromatic heterocycles. The van der Waals surface area contributed by atoms with Crippen LogP contribution in [0.1, 0.15) is 51.0 Å². The predicted molar refractivity (Wildman–Crippen MR) is 105 cm³/mol. The Morgan fingerprint density at radius 2 is 1.50 bits per heavy atom. The van der Waals surface area contributed by atoms with Crippen molar-refractivity contribution in [2.24, 2.45) is 5.41 Å². The summed E-state index contributed by atoms with van der Waals surface area (Å²) in [6, 6.07) is 9.99. The van der Waals surface area contributed by atoms with Crippen LogP contribution in [-0.4, -0.2) is 31.9 Å². The van der Waals surface area contributed by atoms with E-state index in [1.54, 1.807) is 6.92 Å². The van der Waals surface area contributed by atoms with Gasteiger partial charge in [-0.05, 0) is 54.9 Å². The zero-order chi connectivity index (χ0) is 20.5. The van der Waals surface area contributed by atoms with Gasteiger partial charge in [-0.2, -0.15) is 0 Å². The molecule has 5 nitrogen and oxygen atoms in total. The van der Waals surface area contributed by atoms with Gasteiger partial charge in [0.1, 0.15) is 0 Å². The van der Waals surface area contributed by atoms with Crippen LogP contribution in [0.3, 0.4) is 0 Å². The van der Waals surface area contributed by atoms with Crippen LogP contribution in [0.15, 0.2) is 52.6 Å². The number of ketones is 1. The summed E-state index contributed by atoms with van der Waals surface area (Å²) >= 11 is 0. The van der Waals surface area contributed by atoms with Crippen molar-refractivity contribution in [3.8, 4) is 0 Å². The van der Waals surface area contributed by atoms with Gasteiger partial charge in [0.05, 0.1) is 14.2 Å². The molecule has 1 saturated carbocycles. The molecule has 1 unspecified atom stereocenters. The molecule has 28 heavy (non-hydrogen) atoms. The molecule has 2 aliphatic carbocycles. The normalized spacial score (nSPS) is 26.9. The highest BCUT2D eigenvalue weighted by Gasteiger charge is 2.55. The molecule has 0 radical (unpaired) electrons. The molecule has 2 aliphatic rings. The summed E-state index contributed by atoms with van der Waals surface area (Å²) < 4.78 is 9.89. The maximum Gasteiger partial charge on any atom is 0.323 e. The van der Waals surface area contributed by atoms with Crippen LogP contribution >= 0.6 is 0 Å². The van der Waals surface area contributed by atoms with E-state index in [0.717, 1.165) is 22.3 Å². The van der Waals surface area contributed by atoms with Crippen LogP contribution in [0, 0.1) is 5.41 Å². The zero-order valence-corrected chi connectivity index (χ0v) is 16.8. The predicted octanol–water partition coefficient (Wildman–Crippen LogP) is 3.89. The van der Waals surface area contributed by atoms with Gasteiger partial charge in [0.2, 0.25) is 0 Å². The van der Waals surface area contributed by atoms with E-state index in [-0.39, 0.29) is 24.5 Å². The fraction of sp³-hybridized carbons (Fsp3) is 0.435. The van der Waals surface area contributed by atoms with Crippen LogP contribution in [0.5, 0.6) is 0 Å². The zero-order valence-electron chi connectivity index (χ0n) is 16.8. The van der Waals surface area contributed by atoms with E-state index < -0.39 is 17.4 Å². The van der Waals surface area contributed by atoms with Gasteiger partial charge in [-0.15, -0.1) is 0 Å². The largest absolute Gasteiger partial charge is 0.468 e. The van der Waals surface area contributed by atoms with E-state index in [9.17, 15) is 14.4 Å². The molecule has 0 heterocycles. The number of ether oxygens (including phenoxy) is 2. The fourth-order valence-corrected chi connectivity index (χ4v) is 4.48. The average Bonchev–Trinajstić information content (AvgIpc) is 3.13. The first kappa shape index (κ1) is 20.1. The van der Waals surface area contributed by atoms with Crippen LogP contribution in [-0.2, 0) is 23.9 Å². The summed E-state index contributed by atoms with van der Waals surface area (Å²) in [6.07, 6.45) is 1.47. The minimum Gasteiger partial charge on any atom is -0.468 e. The van der Waals surface area contributed by atoms with Crippen molar-refractivity contribution in [3.05, 3.63) is 58.2 Å². The molecule has 3 rings (SSSR count). The Labute approximate surface area is 165 Å². The molecule has 0 N–H and O–H groups in total. The number of Topliss-reactive ketones (excluding diaryl/α,β-unsaturated/α-hetero) is 1. The standard InChI is InChI=1S/C23H26O5/c1-14-10-17(16-8-6-5-7-9-16)11-20(24)15(2)19-13-23(12-18(14)19,21(25)27-3)22(26)28-4/h5-9,17H,10-13H2,1-4H3/b18-14-,19-15-. The molecule has 0 saturated heterocycles. The number of hydrogen-bond acceptors (Lipinski definition) is 5. The smallest absolute Gasteiger partial charge is 0.323 e. The van der Waals surface area contributed by atoms with Crippen LogP contribution < -0.4 is 0 Å². The number of hydrogen-bond donors (Lipinski definition) is 0. The van der Waals surface area contributed by atoms with Crippen LogP contribution in [0.25, 0.3) is 0 Å². The molecule has 1 fully saturated rings. The Kier molecular flexibility index (Phi) is 5.54. The van der Waals surface area contributed by atoms with Gasteiger partial charge in [0, 0.05) is 12.8 Å². The summed E-state index contributed by atoms with van der Waals surface area (Å²) in [5.74, 6) is -1.10. The molecule has 5 heteroatoms. The van der Waals surface area contributed by atoms with E-state index in [2.05, 4.69) is 0 Å². The first-order valence-corrected chi connectivity index (χ1v) is 9.47. The Bertz CT molecular complexity index is 860. The van der Waals surface area contributed by atoms with E-state index in [1.807, 2.05) is 37.3 Å². The first-order chi connectivity index (χ1) is 13.3. The molecular weight excluding hydrogens is 356 g/mol. The number of benzene rings is 1. The van der Waals surface area contributed by atoms with Crippen molar-refractivity contribution < 1.29 is 23.9 Å². The highest BCUT2D eigenvalue weighted by molar-refractivity contribution is 6.04. The topological polar surface area (TPSA) is 69.7 Å². The Hall–Kier alpha value is -2.69. The lowest BCUT2D eigenvalue weighted by molar-refractivity contribution is -0.168. The number of allylic oxidation sites excluding steroid dienone is 4. The van der Waals surface area contributed by atoms with Crippen molar-refractivity contribution >= 4 is 17.7 Å². The molecule has 0 spiro atoms. The number of carbonyl (C=O) groups excluding carboxylic acids is 3. The lowest BCUT2D eigenvalue weighted by atomic mass is 9.81. The number of esters is 2. The molecular formula is C23H26O5. The van der Waals surface area contributed by atoms with E-state index >= 15 is 0 Å². The van der Waals surface area contributed by atoms with E-state index in [4.69, 9.17) is 9.47 Å². The SMILES string of the molecule is COC(=O)C1(C(=O)OC)CC2=C(\C)CC(c3ccccc3)CC(=O)/C(C)=C\2C1. The van der Waals surface area contributed by atoms with E-state index in [1.165, 1.54) is 14.2 Å².